The van der Waals surface area contributed by atoms with Gasteiger partial charge in [-0.05, 0) is 304 Å². The first-order valence-corrected chi connectivity index (χ1v) is 52.0. The predicted octanol–water partition coefficient (Wildman–Crippen LogP) is 31.1. The van der Waals surface area contributed by atoms with Crippen LogP contribution in [0.15, 0.2) is 461 Å². The van der Waals surface area contributed by atoms with Crippen LogP contribution in [0.4, 0.5) is 45.5 Å². The molecule has 8 heteroatoms. The van der Waals surface area contributed by atoms with Crippen LogP contribution in [0.1, 0.15) is 111 Å². The normalized spacial score (nSPS) is 13.7. The van der Waals surface area contributed by atoms with Crippen LogP contribution < -0.4 is 34.3 Å². The topological polar surface area (TPSA) is 25.9 Å². The molecule has 0 heterocycles. The molecule has 8 nitrogen and oxygen atoms in total. The summed E-state index contributed by atoms with van der Waals surface area (Å²) >= 11 is 0. The number of rotatable bonds is 16. The highest BCUT2D eigenvalue weighted by atomic mass is 15.1. The fraction of sp³-hybridized carbons (Fsp3) is 0.143. The van der Waals surface area contributed by atoms with Gasteiger partial charge in [0.1, 0.15) is 0 Å². The third-order valence-electron chi connectivity index (χ3n) is 33.0. The number of hydrogen-bond donors (Lipinski definition) is 0. The lowest BCUT2D eigenvalue weighted by Gasteiger charge is -2.30. The second-order valence-electron chi connectivity index (χ2n) is 42.2. The zero-order valence-corrected chi connectivity index (χ0v) is 86.3. The summed E-state index contributed by atoms with van der Waals surface area (Å²) in [6.45, 7) is 3.53. The largest absolute Gasteiger partial charge is 0.378 e. The van der Waals surface area contributed by atoms with Crippen molar-refractivity contribution in [3.63, 3.8) is 0 Å². The maximum absolute atomic E-state index is 2.44. The molecule has 0 amide bonds. The number of fused-ring (bicyclic) bond motifs is 40. The molecule has 0 N–H and O–H groups in total. The van der Waals surface area contributed by atoms with Crippen molar-refractivity contribution >= 4 is 45.5 Å². The minimum absolute atomic E-state index is 0.254. The van der Waals surface area contributed by atoms with Gasteiger partial charge in [0.25, 0.3) is 0 Å². The molecule has 28 rings (SSSR count). The minimum Gasteiger partial charge on any atom is -0.378 e. The number of benzene rings is 20. The van der Waals surface area contributed by atoms with Crippen LogP contribution in [0.5, 0.6) is 0 Å². The van der Waals surface area contributed by atoms with Gasteiger partial charge in [0, 0.05) is 149 Å². The Balaban J connectivity index is 0.000000103. The van der Waals surface area contributed by atoms with Crippen LogP contribution in [0.3, 0.4) is 0 Å². The van der Waals surface area contributed by atoms with E-state index in [2.05, 4.69) is 585 Å². The lowest BCUT2D eigenvalue weighted by Crippen LogP contribution is -2.26. The number of hydrogen-bond acceptors (Lipinski definition) is 8. The van der Waals surface area contributed by atoms with E-state index in [0.717, 1.165) is 26.2 Å². The van der Waals surface area contributed by atoms with Crippen LogP contribution in [-0.2, 0) is 47.8 Å². The molecule has 0 aromatic heterocycles. The van der Waals surface area contributed by atoms with Gasteiger partial charge in [-0.15, -0.1) is 0 Å². The molecule has 20 aromatic carbocycles. The molecule has 8 aliphatic carbocycles. The first kappa shape index (κ1) is 92.1. The maximum atomic E-state index is 2.44. The maximum Gasteiger partial charge on any atom is 0.0725 e. The van der Waals surface area contributed by atoms with Gasteiger partial charge >= 0.3 is 0 Å². The van der Waals surface area contributed by atoms with Gasteiger partial charge in [0.2, 0.25) is 0 Å². The highest BCUT2D eigenvalue weighted by molar-refractivity contribution is 6.01. The van der Waals surface area contributed by atoms with Crippen LogP contribution >= 0.6 is 0 Å². The number of nitrogens with zero attached hydrogens (tertiary/aromatic N) is 8. The molecule has 0 bridgehead atoms. The monoisotopic (exact) mass is 1910 g/mol. The smallest absolute Gasteiger partial charge is 0.0725 e. The molecule has 0 radical (unpaired) electrons. The molecule has 0 saturated heterocycles. The van der Waals surface area contributed by atoms with Crippen molar-refractivity contribution in [2.45, 2.75) is 47.8 Å². The van der Waals surface area contributed by atoms with Gasteiger partial charge in [0.05, 0.1) is 21.7 Å². The molecule has 720 valence electrons. The molecular formula is C140H120N8. The van der Waals surface area contributed by atoms with Crippen molar-refractivity contribution in [1.29, 1.82) is 0 Å². The Kier molecular flexibility index (Phi) is 22.8. The average Bonchev–Trinajstić information content (AvgIpc) is 1.52. The average molecular weight is 1910 g/mol. The van der Waals surface area contributed by atoms with E-state index in [9.17, 15) is 0 Å². The molecule has 148 heavy (non-hydrogen) atoms. The van der Waals surface area contributed by atoms with Gasteiger partial charge in [-0.25, -0.2) is 0 Å². The van der Waals surface area contributed by atoms with Crippen molar-refractivity contribution in [2.75, 3.05) is 119 Å². The third-order valence-corrected chi connectivity index (χ3v) is 33.0. The van der Waals surface area contributed by atoms with Gasteiger partial charge < -0.3 is 34.3 Å². The first-order chi connectivity index (χ1) is 72.3. The van der Waals surface area contributed by atoms with E-state index in [1.54, 1.807) is 0 Å². The molecule has 0 aliphatic heterocycles. The fourth-order valence-electron chi connectivity index (χ4n) is 26.5. The quantitative estimate of drug-likeness (QED) is 0.0944. The van der Waals surface area contributed by atoms with Crippen molar-refractivity contribution in [3.8, 4) is 89.0 Å². The van der Waals surface area contributed by atoms with Crippen LogP contribution in [-0.4, -0.2) is 89.5 Å². The van der Waals surface area contributed by atoms with Gasteiger partial charge in [0.15, 0.2) is 0 Å². The molecule has 0 saturated carbocycles. The van der Waals surface area contributed by atoms with Gasteiger partial charge in [-0.2, -0.15) is 0 Å². The molecule has 8 aliphatic rings. The molecule has 4 spiro atoms. The SMILES string of the molecule is CN(C)c1cccc(CN(C)c2ccc3c(c2)-c2ccccc2C32c3ccccc3-c3ccccc32)c1.CN(C)c1cccc(N(C)Cc2ccc3c(c2)-c2ccccc2C32c3ccccc3-c3ccccc32)c1.CN(C)c1cccc(N(C)c2ccc3c(c2)-c2ccccc2C32c3ccccc3-c3ccccc32)c1.CN(Cc1cccc(N(C)C)c1)Cc1ccc2c(c1)-c1ccccc1C21c2ccccc2-c2ccccc21. The van der Waals surface area contributed by atoms with E-state index >= 15 is 0 Å². The molecular weight excluding hydrogens is 1790 g/mol. The Bertz CT molecular complexity index is 8460. The Labute approximate surface area is 872 Å². The highest BCUT2D eigenvalue weighted by Crippen LogP contribution is 2.68. The Hall–Kier alpha value is -17.0. The first-order valence-electron chi connectivity index (χ1n) is 52.0. The highest BCUT2D eigenvalue weighted by Gasteiger charge is 2.56. The number of anilines is 8. The van der Waals surface area contributed by atoms with Crippen molar-refractivity contribution < 1.29 is 0 Å². The van der Waals surface area contributed by atoms with Crippen molar-refractivity contribution in [3.05, 3.63) is 572 Å². The van der Waals surface area contributed by atoms with Crippen LogP contribution in [0.25, 0.3) is 89.0 Å². The summed E-state index contributed by atoms with van der Waals surface area (Å²) in [6, 6.07) is 171. The van der Waals surface area contributed by atoms with Crippen LogP contribution in [0.2, 0.25) is 0 Å². The standard InChI is InChI=1S/C36H32N2.2C35H30N2.C34H28N2/c1-37(2)27-12-10-11-25(21-27)23-38(3)24-26-19-20-35-31(22-26)30-15-6-9-18-34(30)36(35)32-16-7-4-13-28(32)29-14-5-8-17-33(29)36;1-36(2)25-11-10-12-26(22-25)37(3)23-24-19-20-34-30(21-24)29-15-6-9-18-33(29)35(34)31-16-7-4-13-27(31)28-14-5-8-17-32(28)35;1-36(2)25-12-10-11-24(21-25)23-37(3)26-19-20-34-30(22-26)29-15-6-9-18-33(29)35(34)31-16-7-4-13-27(31)28-14-5-8-17-32(28)35;1-35(2)23-11-10-12-24(21-23)36(3)25-19-20-33-29(22-25)28-15-6-9-18-32(28)34(33)30-16-7-4-13-26(30)27-14-5-8-17-31(27)34/h4-22H,23-24H2,1-3H3;2*4-22H,23H2,1-3H3;4-22H,1-3H3. The van der Waals surface area contributed by atoms with Crippen LogP contribution in [0, 0.1) is 0 Å². The van der Waals surface area contributed by atoms with Crippen molar-refractivity contribution in [2.24, 2.45) is 0 Å². The van der Waals surface area contributed by atoms with Gasteiger partial charge in [-0.3, -0.25) is 4.90 Å². The third kappa shape index (κ3) is 14.4. The summed E-state index contributed by atoms with van der Waals surface area (Å²) in [5.74, 6) is 0. The second-order valence-corrected chi connectivity index (χ2v) is 42.2. The Morgan fingerprint density at radius 1 is 0.135 bits per heavy atom. The molecule has 20 aromatic rings. The molecule has 0 fully saturated rings. The van der Waals surface area contributed by atoms with E-state index in [4.69, 9.17) is 0 Å². The van der Waals surface area contributed by atoms with Crippen molar-refractivity contribution in [1.82, 2.24) is 4.90 Å². The van der Waals surface area contributed by atoms with Gasteiger partial charge in [-0.1, -0.05) is 364 Å². The Morgan fingerprint density at radius 3 is 0.608 bits per heavy atom. The summed E-state index contributed by atoms with van der Waals surface area (Å²) in [7, 11) is 25.5. The summed E-state index contributed by atoms with van der Waals surface area (Å²) in [4.78, 5) is 18.0. The van der Waals surface area contributed by atoms with E-state index in [0.29, 0.717) is 0 Å². The summed E-state index contributed by atoms with van der Waals surface area (Å²) in [6.07, 6.45) is 0. The minimum atomic E-state index is -0.277. The summed E-state index contributed by atoms with van der Waals surface area (Å²) in [5, 5.41) is 0. The summed E-state index contributed by atoms with van der Waals surface area (Å²) < 4.78 is 0. The zero-order chi connectivity index (χ0) is 101. The Morgan fingerprint density at radius 2 is 0.318 bits per heavy atom. The summed E-state index contributed by atoms with van der Waals surface area (Å²) in [5.41, 5.74) is 57.8. The van der Waals surface area contributed by atoms with E-state index in [1.165, 1.54) is 246 Å². The molecule has 0 atom stereocenters. The fourth-order valence-corrected chi connectivity index (χ4v) is 26.5. The lowest BCUT2D eigenvalue weighted by atomic mass is 9.70. The van der Waals surface area contributed by atoms with E-state index < -0.39 is 0 Å². The lowest BCUT2D eigenvalue weighted by molar-refractivity contribution is 0.319. The zero-order valence-electron chi connectivity index (χ0n) is 86.3. The second kappa shape index (κ2) is 36.6. The van der Waals surface area contributed by atoms with E-state index in [1.807, 2.05) is 0 Å². The molecule has 0 unspecified atom stereocenters. The predicted molar refractivity (Wildman–Crippen MR) is 621 cm³/mol. The van der Waals surface area contributed by atoms with E-state index in [-0.39, 0.29) is 21.7 Å².